The van der Waals surface area contributed by atoms with E-state index in [1.54, 1.807) is 0 Å². The van der Waals surface area contributed by atoms with Crippen molar-refractivity contribution >= 4 is 6.29 Å². The number of carbonyl (C=O) groups excluding carboxylic acids is 1. The first kappa shape index (κ1) is 3.77. The third-order valence-electron chi connectivity index (χ3n) is 0.519. The minimum absolute atomic E-state index is 1.01. The molecule has 3 heteroatoms. The fraction of sp³-hybridized carbons (Fsp3) is 0.667. The van der Waals surface area contributed by atoms with Crippen LogP contribution in [0.15, 0.2) is 0 Å². The van der Waals surface area contributed by atoms with Crippen LogP contribution in [-0.4, -0.2) is 12.1 Å². The number of hydrogen-bond donors (Lipinski definition) is 0. The van der Waals surface area contributed by atoms with Gasteiger partial charge in [0.1, 0.15) is 0 Å². The predicted molar refractivity (Wildman–Crippen MR) is 16.3 cm³/mol. The van der Waals surface area contributed by atoms with Crippen LogP contribution >= 0.6 is 0 Å². The molecular formula is C3H3O3. The van der Waals surface area contributed by atoms with Gasteiger partial charge in [-0.05, 0) is 0 Å². The van der Waals surface area contributed by atoms with Crippen molar-refractivity contribution in [3.05, 3.63) is 0 Å². The molecule has 0 unspecified atom stereocenters. The fourth-order valence-electron chi connectivity index (χ4n) is 0.0965. The zero-order valence-electron chi connectivity index (χ0n) is 3.22. The lowest BCUT2D eigenvalue weighted by Gasteiger charge is -1.70. The summed E-state index contributed by atoms with van der Waals surface area (Å²) in [5.74, 6) is -1.01. The molecule has 0 aromatic heterocycles. The molecule has 0 atom stereocenters. The molecule has 33 valence electrons. The number of rotatable bonds is 1. The molecule has 0 aliphatic carbocycles. The fourth-order valence-corrected chi connectivity index (χ4v) is 0.0965. The smallest absolute Gasteiger partial charge is 0.284 e. The van der Waals surface area contributed by atoms with Crippen molar-refractivity contribution in [1.82, 2.24) is 0 Å². The second-order valence-corrected chi connectivity index (χ2v) is 1.21. The Labute approximate surface area is 34.8 Å². The van der Waals surface area contributed by atoms with Crippen LogP contribution in [0.3, 0.4) is 0 Å². The Morgan fingerprint density at radius 1 is 1.67 bits per heavy atom. The van der Waals surface area contributed by atoms with Gasteiger partial charge >= 0.3 is 0 Å². The summed E-state index contributed by atoms with van der Waals surface area (Å²) in [6, 6.07) is 0. The largest absolute Gasteiger partial charge is 0.296 e. The van der Waals surface area contributed by atoms with Crippen molar-refractivity contribution in [3.8, 4) is 0 Å². The average molecular weight is 87.1 g/mol. The maximum atomic E-state index is 9.51. The summed E-state index contributed by atoms with van der Waals surface area (Å²) >= 11 is 0. The van der Waals surface area contributed by atoms with Gasteiger partial charge in [-0.25, -0.2) is 0 Å². The van der Waals surface area contributed by atoms with Crippen molar-refractivity contribution in [2.24, 2.45) is 0 Å². The highest BCUT2D eigenvalue weighted by Gasteiger charge is 2.44. The van der Waals surface area contributed by atoms with Gasteiger partial charge in [-0.15, -0.1) is 0 Å². The van der Waals surface area contributed by atoms with Crippen LogP contribution in [0.2, 0.25) is 0 Å². The Bertz CT molecular complexity index is 74.1. The zero-order valence-corrected chi connectivity index (χ0v) is 3.22. The molecule has 0 saturated carbocycles. The maximum Gasteiger partial charge on any atom is 0.296 e. The van der Waals surface area contributed by atoms with Crippen LogP contribution in [0, 0.1) is 0 Å². The van der Waals surface area contributed by atoms with E-state index in [0.29, 0.717) is 0 Å². The molecule has 1 heterocycles. The Kier molecular flexibility index (Phi) is 0.504. The third-order valence-corrected chi connectivity index (χ3v) is 0.519. The van der Waals surface area contributed by atoms with Gasteiger partial charge < -0.3 is 0 Å². The molecule has 1 rings (SSSR count). The Hall–Kier alpha value is -0.410. The molecule has 0 aromatic carbocycles. The van der Waals surface area contributed by atoms with Gasteiger partial charge in [-0.1, -0.05) is 0 Å². The molecule has 1 aliphatic rings. The summed E-state index contributed by atoms with van der Waals surface area (Å²) < 4.78 is 0. The molecule has 1 saturated heterocycles. The highest BCUT2D eigenvalue weighted by atomic mass is 17.4. The van der Waals surface area contributed by atoms with Crippen molar-refractivity contribution in [3.63, 3.8) is 0 Å². The molecule has 0 spiro atoms. The van der Waals surface area contributed by atoms with Crippen LogP contribution in [-0.2, 0) is 14.6 Å². The zero-order chi connectivity index (χ0) is 4.62. The van der Waals surface area contributed by atoms with E-state index in [2.05, 4.69) is 9.78 Å². The van der Waals surface area contributed by atoms with E-state index in [-0.39, 0.29) is 0 Å². The highest BCUT2D eigenvalue weighted by molar-refractivity contribution is 5.61. The predicted octanol–water partition coefficient (Wildman–Crippen LogP) is -0.226. The topological polar surface area (TPSA) is 42.1 Å². The highest BCUT2D eigenvalue weighted by Crippen LogP contribution is 2.24. The summed E-state index contributed by atoms with van der Waals surface area (Å²) in [6.45, 7) is 1.49. The molecule has 0 amide bonds. The van der Waals surface area contributed by atoms with Crippen molar-refractivity contribution in [2.75, 3.05) is 0 Å². The van der Waals surface area contributed by atoms with Crippen molar-refractivity contribution < 1.29 is 14.6 Å². The monoisotopic (exact) mass is 87.0 g/mol. The molecular weight excluding hydrogens is 84.0 g/mol. The minimum atomic E-state index is -1.01. The molecule has 1 fully saturated rings. The van der Waals surface area contributed by atoms with Crippen LogP contribution in [0.1, 0.15) is 6.92 Å². The van der Waals surface area contributed by atoms with Gasteiger partial charge in [0.05, 0.1) is 0 Å². The van der Waals surface area contributed by atoms with Gasteiger partial charge in [-0.2, -0.15) is 9.78 Å². The van der Waals surface area contributed by atoms with Crippen LogP contribution in [0.25, 0.3) is 0 Å². The van der Waals surface area contributed by atoms with Crippen LogP contribution < -0.4 is 0 Å². The van der Waals surface area contributed by atoms with E-state index < -0.39 is 5.79 Å². The van der Waals surface area contributed by atoms with Crippen LogP contribution in [0.5, 0.6) is 0 Å². The van der Waals surface area contributed by atoms with E-state index in [1.165, 1.54) is 13.2 Å². The molecule has 0 aromatic rings. The summed E-state index contributed by atoms with van der Waals surface area (Å²) in [5, 5.41) is 0. The van der Waals surface area contributed by atoms with Gasteiger partial charge in [0.15, 0.2) is 0 Å². The van der Waals surface area contributed by atoms with E-state index in [4.69, 9.17) is 0 Å². The quantitative estimate of drug-likeness (QED) is 0.328. The lowest BCUT2D eigenvalue weighted by molar-refractivity contribution is 0.0850. The summed E-state index contributed by atoms with van der Waals surface area (Å²) in [5.41, 5.74) is 0. The van der Waals surface area contributed by atoms with E-state index in [9.17, 15) is 4.79 Å². The second-order valence-electron chi connectivity index (χ2n) is 1.21. The summed E-state index contributed by atoms with van der Waals surface area (Å²) in [7, 11) is 0. The SMILES string of the molecule is CC1([C]=O)OO1. The Balaban J connectivity index is 2.47. The van der Waals surface area contributed by atoms with E-state index in [0.717, 1.165) is 0 Å². The molecule has 6 heavy (non-hydrogen) atoms. The molecule has 1 radical (unpaired) electrons. The third kappa shape index (κ3) is 0.418. The van der Waals surface area contributed by atoms with Crippen LogP contribution in [0.4, 0.5) is 0 Å². The Morgan fingerprint density at radius 2 is 2.17 bits per heavy atom. The number of hydrogen-bond acceptors (Lipinski definition) is 3. The standard InChI is InChI=1S/C3H3O3/c1-3(2-4)5-6-3/h1H3. The second kappa shape index (κ2) is 0.802. The van der Waals surface area contributed by atoms with Gasteiger partial charge in [0, 0.05) is 6.92 Å². The molecule has 1 aliphatic heterocycles. The maximum absolute atomic E-state index is 9.51. The summed E-state index contributed by atoms with van der Waals surface area (Å²) in [6.07, 6.45) is 1.52. The van der Waals surface area contributed by atoms with Gasteiger partial charge in [0.2, 0.25) is 0 Å². The first-order valence-electron chi connectivity index (χ1n) is 1.53. The van der Waals surface area contributed by atoms with Gasteiger partial charge in [0.25, 0.3) is 12.1 Å². The summed E-state index contributed by atoms with van der Waals surface area (Å²) in [4.78, 5) is 17.8. The lowest BCUT2D eigenvalue weighted by atomic mass is 10.4. The van der Waals surface area contributed by atoms with E-state index >= 15 is 0 Å². The van der Waals surface area contributed by atoms with Crippen molar-refractivity contribution in [1.29, 1.82) is 0 Å². The van der Waals surface area contributed by atoms with Crippen molar-refractivity contribution in [2.45, 2.75) is 12.7 Å². The van der Waals surface area contributed by atoms with Gasteiger partial charge in [-0.3, -0.25) is 4.79 Å². The average Bonchev–Trinajstić information content (AvgIpc) is 2.22. The first-order valence-corrected chi connectivity index (χ1v) is 1.53. The molecule has 0 bridgehead atoms. The lowest BCUT2D eigenvalue weighted by Crippen LogP contribution is -2.02. The molecule has 0 N–H and O–H groups in total. The Morgan fingerprint density at radius 3 is 2.17 bits per heavy atom. The van der Waals surface area contributed by atoms with E-state index in [1.807, 2.05) is 0 Å². The minimum Gasteiger partial charge on any atom is -0.284 e. The first-order chi connectivity index (χ1) is 2.77. The molecule has 3 nitrogen and oxygen atoms in total. The normalized spacial score (nSPS) is 26.2.